The minimum atomic E-state index is -0.906. The van der Waals surface area contributed by atoms with Crippen LogP contribution < -0.4 is 4.90 Å². The summed E-state index contributed by atoms with van der Waals surface area (Å²) in [5.41, 5.74) is 3.83. The van der Waals surface area contributed by atoms with Crippen molar-refractivity contribution < 1.29 is 15.0 Å². The fourth-order valence-electron chi connectivity index (χ4n) is 5.47. The Morgan fingerprint density at radius 3 is 2.54 bits per heavy atom. The topological polar surface area (TPSA) is 103 Å². The van der Waals surface area contributed by atoms with Crippen LogP contribution in [0.15, 0.2) is 30.6 Å². The van der Waals surface area contributed by atoms with Crippen LogP contribution in [0.3, 0.4) is 0 Å². The van der Waals surface area contributed by atoms with Gasteiger partial charge in [0.15, 0.2) is 0 Å². The smallest absolute Gasteiger partial charge is 0.412 e. The van der Waals surface area contributed by atoms with Gasteiger partial charge in [0.1, 0.15) is 5.82 Å². The van der Waals surface area contributed by atoms with E-state index in [0.29, 0.717) is 0 Å². The van der Waals surface area contributed by atoms with Crippen LogP contribution >= 0.6 is 0 Å². The van der Waals surface area contributed by atoms with Gasteiger partial charge in [-0.2, -0.15) is 5.10 Å². The fraction of sp³-hybridized carbons (Fsp3) is 0.560. The van der Waals surface area contributed by atoms with E-state index in [1.165, 1.54) is 4.90 Å². The number of carbonyl (C=O) groups is 1. The zero-order valence-electron chi connectivity index (χ0n) is 20.4. The molecule has 0 unspecified atom stereocenters. The zero-order valence-corrected chi connectivity index (χ0v) is 20.4. The molecule has 5 rings (SSSR count). The van der Waals surface area contributed by atoms with Gasteiger partial charge in [0.05, 0.1) is 23.3 Å². The van der Waals surface area contributed by atoms with Crippen molar-refractivity contribution in [3.63, 3.8) is 0 Å². The fourth-order valence-corrected chi connectivity index (χ4v) is 5.47. The first-order valence-corrected chi connectivity index (χ1v) is 12.6. The Kier molecular flexibility index (Phi) is 7.03. The molecular weight excluding hydrogens is 446 g/mol. The number of hydrogen-bond donors (Lipinski definition) is 2. The molecule has 1 fully saturated rings. The third-order valence-corrected chi connectivity index (χ3v) is 7.44. The summed E-state index contributed by atoms with van der Waals surface area (Å²) < 4.78 is 4.25. The van der Waals surface area contributed by atoms with Gasteiger partial charge in [0.25, 0.3) is 0 Å². The van der Waals surface area contributed by atoms with E-state index < -0.39 is 6.09 Å². The quantitative estimate of drug-likeness (QED) is 0.507. The number of aromatic nitrogens is 4. The first-order chi connectivity index (χ1) is 17.0. The molecule has 188 valence electrons. The van der Waals surface area contributed by atoms with Gasteiger partial charge < -0.3 is 14.8 Å². The van der Waals surface area contributed by atoms with Gasteiger partial charge in [-0.05, 0) is 38.0 Å². The summed E-state index contributed by atoms with van der Waals surface area (Å²) in [4.78, 5) is 23.3. The summed E-state index contributed by atoms with van der Waals surface area (Å²) >= 11 is 0. The lowest BCUT2D eigenvalue weighted by molar-refractivity contribution is 0.110. The minimum absolute atomic E-state index is 0.0386. The van der Waals surface area contributed by atoms with Crippen molar-refractivity contribution in [2.45, 2.75) is 45.3 Å². The first kappa shape index (κ1) is 23.8. The average Bonchev–Trinajstić information content (AvgIpc) is 3.49. The van der Waals surface area contributed by atoms with Crippen molar-refractivity contribution in [1.82, 2.24) is 29.1 Å². The lowest BCUT2D eigenvalue weighted by Crippen LogP contribution is -2.47. The summed E-state index contributed by atoms with van der Waals surface area (Å²) in [6.07, 6.45) is 5.24. The Balaban J connectivity index is 1.42. The predicted molar refractivity (Wildman–Crippen MR) is 134 cm³/mol. The van der Waals surface area contributed by atoms with Crippen molar-refractivity contribution in [2.75, 3.05) is 50.8 Å². The molecule has 1 aromatic carbocycles. The number of piperazine rings is 1. The van der Waals surface area contributed by atoms with Crippen LogP contribution in [0.1, 0.15) is 24.7 Å². The average molecular weight is 482 g/mol. The Bertz CT molecular complexity index is 1150. The molecule has 1 saturated heterocycles. The number of rotatable bonds is 8. The summed E-state index contributed by atoms with van der Waals surface area (Å²) in [7, 11) is 0. The van der Waals surface area contributed by atoms with Crippen LogP contribution in [-0.2, 0) is 25.9 Å². The number of β-amino-alcohol motifs (C(OH)–C–C–N with tert-alkyl or cyclic N) is 1. The van der Waals surface area contributed by atoms with Crippen molar-refractivity contribution >= 4 is 22.8 Å². The zero-order chi connectivity index (χ0) is 24.4. The number of imidazole rings is 1. The van der Waals surface area contributed by atoms with Gasteiger partial charge in [-0.15, -0.1) is 0 Å². The maximum Gasteiger partial charge on any atom is 0.412 e. The van der Waals surface area contributed by atoms with Crippen molar-refractivity contribution in [2.24, 2.45) is 0 Å². The van der Waals surface area contributed by atoms with Gasteiger partial charge in [-0.25, -0.2) is 9.78 Å². The molecule has 0 bridgehead atoms. The Morgan fingerprint density at radius 2 is 1.86 bits per heavy atom. The first-order valence-electron chi connectivity index (χ1n) is 12.6. The predicted octanol–water partition coefficient (Wildman–Crippen LogP) is 1.90. The maximum atomic E-state index is 12.0. The van der Waals surface area contributed by atoms with E-state index in [9.17, 15) is 15.0 Å². The molecule has 0 saturated carbocycles. The molecule has 35 heavy (non-hydrogen) atoms. The van der Waals surface area contributed by atoms with E-state index in [2.05, 4.69) is 19.5 Å². The number of aryl methyl sites for hydroxylation is 3. The lowest BCUT2D eigenvalue weighted by Gasteiger charge is -2.34. The molecule has 10 nitrogen and oxygen atoms in total. The standard InChI is InChI=1S/C25H35N7O3/c1-19-3-4-20-21(32(19)25(34)35)5-6-22-24(20)27-23(7-10-30-9-2-8-26-30)31(22)16-15-28-11-13-29(14-12-28)17-18-33/h2,5-6,8-9,19,33H,3-4,7,10-18H2,1H3,(H,34,35)/t19-/m0/s1. The Labute approximate surface area is 205 Å². The van der Waals surface area contributed by atoms with Gasteiger partial charge in [0.2, 0.25) is 0 Å². The highest BCUT2D eigenvalue weighted by Gasteiger charge is 2.30. The van der Waals surface area contributed by atoms with E-state index in [1.54, 1.807) is 6.20 Å². The second-order valence-electron chi connectivity index (χ2n) is 9.58. The molecular formula is C25H35N7O3. The van der Waals surface area contributed by atoms with Crippen LogP contribution in [0.25, 0.3) is 11.0 Å². The molecule has 2 N–H and O–H groups in total. The number of fused-ring (bicyclic) bond motifs is 3. The van der Waals surface area contributed by atoms with Crippen LogP contribution in [0.4, 0.5) is 10.5 Å². The molecule has 10 heteroatoms. The second kappa shape index (κ2) is 10.3. The minimum Gasteiger partial charge on any atom is -0.465 e. The number of nitrogens with zero attached hydrogens (tertiary/aromatic N) is 7. The molecule has 0 spiro atoms. The molecule has 1 atom stereocenters. The number of benzene rings is 1. The molecule has 2 aromatic heterocycles. The molecule has 0 aliphatic carbocycles. The van der Waals surface area contributed by atoms with Gasteiger partial charge >= 0.3 is 6.09 Å². The van der Waals surface area contributed by atoms with Crippen LogP contribution in [0.5, 0.6) is 0 Å². The van der Waals surface area contributed by atoms with Gasteiger partial charge in [-0.3, -0.25) is 19.4 Å². The third-order valence-electron chi connectivity index (χ3n) is 7.44. The normalized spacial score (nSPS) is 19.4. The number of hydrogen-bond acceptors (Lipinski definition) is 6. The van der Waals surface area contributed by atoms with Crippen LogP contribution in [0, 0.1) is 0 Å². The Hall–Kier alpha value is -2.95. The highest BCUT2D eigenvalue weighted by molar-refractivity contribution is 5.94. The summed E-state index contributed by atoms with van der Waals surface area (Å²) in [5.74, 6) is 1.02. The number of aliphatic hydroxyl groups is 1. The highest BCUT2D eigenvalue weighted by atomic mass is 16.4. The SMILES string of the molecule is C[C@H]1CCc2c(ccc3c2nc(CCn2cccn2)n3CCN2CCN(CCO)CC2)N1C(=O)O. The van der Waals surface area contributed by atoms with E-state index in [1.807, 2.05) is 36.0 Å². The van der Waals surface area contributed by atoms with Gasteiger partial charge in [0, 0.05) is 82.8 Å². The van der Waals surface area contributed by atoms with Gasteiger partial charge in [-0.1, -0.05) is 0 Å². The summed E-state index contributed by atoms with van der Waals surface area (Å²) in [6.45, 7) is 9.39. The Morgan fingerprint density at radius 1 is 1.09 bits per heavy atom. The molecule has 0 radical (unpaired) electrons. The molecule has 3 aromatic rings. The van der Waals surface area contributed by atoms with Crippen molar-refractivity contribution in [3.8, 4) is 0 Å². The van der Waals surface area contributed by atoms with E-state index in [-0.39, 0.29) is 12.6 Å². The maximum absolute atomic E-state index is 12.0. The number of aliphatic hydroxyl groups excluding tert-OH is 1. The van der Waals surface area contributed by atoms with Crippen LogP contribution in [-0.4, -0.2) is 97.4 Å². The van der Waals surface area contributed by atoms with Crippen LogP contribution in [0.2, 0.25) is 0 Å². The molecule has 2 aliphatic heterocycles. The van der Waals surface area contributed by atoms with E-state index >= 15 is 0 Å². The lowest BCUT2D eigenvalue weighted by atomic mass is 9.96. The third kappa shape index (κ3) is 4.91. The van der Waals surface area contributed by atoms with Crippen molar-refractivity contribution in [3.05, 3.63) is 42.0 Å². The molecule has 4 heterocycles. The summed E-state index contributed by atoms with van der Waals surface area (Å²) in [5, 5.41) is 23.4. The largest absolute Gasteiger partial charge is 0.465 e. The molecule has 2 aliphatic rings. The van der Waals surface area contributed by atoms with E-state index in [0.717, 1.165) is 99.7 Å². The number of anilines is 1. The number of amides is 1. The highest BCUT2D eigenvalue weighted by Crippen LogP contribution is 2.36. The second-order valence-corrected chi connectivity index (χ2v) is 9.58. The summed E-state index contributed by atoms with van der Waals surface area (Å²) in [6, 6.07) is 5.90. The molecule has 1 amide bonds. The van der Waals surface area contributed by atoms with Crippen molar-refractivity contribution in [1.29, 1.82) is 0 Å². The number of carboxylic acid groups (broad SMARTS) is 1. The monoisotopic (exact) mass is 481 g/mol. The van der Waals surface area contributed by atoms with E-state index in [4.69, 9.17) is 4.98 Å².